The Hall–Kier alpha value is -3.87. The number of nitrogens with one attached hydrogen (secondary N) is 2. The molecule has 0 radical (unpaired) electrons. The first-order valence-electron chi connectivity index (χ1n) is 9.24. The third kappa shape index (κ3) is 4.90. The fourth-order valence-corrected chi connectivity index (χ4v) is 2.80. The molecular weight excluding hydrogens is 368 g/mol. The van der Waals surface area contributed by atoms with Gasteiger partial charge < -0.3 is 14.8 Å². The van der Waals surface area contributed by atoms with Crippen molar-refractivity contribution in [3.63, 3.8) is 0 Å². The highest BCUT2D eigenvalue weighted by atomic mass is 16.6. The number of anilines is 1. The molecule has 7 heteroatoms. The topological polar surface area (TPSA) is 84.8 Å². The van der Waals surface area contributed by atoms with E-state index in [0.29, 0.717) is 42.8 Å². The largest absolute Gasteiger partial charge is 0.486 e. The monoisotopic (exact) mass is 388 g/mol. The Morgan fingerprint density at radius 2 is 1.83 bits per heavy atom. The third-order valence-corrected chi connectivity index (χ3v) is 4.22. The number of carbonyl (C=O) groups excluding carboxylic acids is 1. The number of ether oxygens (including phenoxy) is 2. The molecule has 0 saturated heterocycles. The summed E-state index contributed by atoms with van der Waals surface area (Å²) in [6.45, 7) is 1.41. The average molecular weight is 388 g/mol. The van der Waals surface area contributed by atoms with Crippen molar-refractivity contribution < 1.29 is 14.3 Å². The van der Waals surface area contributed by atoms with E-state index in [9.17, 15) is 4.79 Å². The Morgan fingerprint density at radius 1 is 1.00 bits per heavy atom. The molecule has 0 saturated carbocycles. The number of pyridine rings is 1. The van der Waals surface area contributed by atoms with Gasteiger partial charge in [-0.1, -0.05) is 24.3 Å². The summed E-state index contributed by atoms with van der Waals surface area (Å²) in [6.07, 6.45) is 3.45. The molecule has 146 valence electrons. The molecule has 0 fully saturated rings. The van der Waals surface area contributed by atoms with Crippen LogP contribution in [0.25, 0.3) is 0 Å². The van der Waals surface area contributed by atoms with Crippen LogP contribution >= 0.6 is 0 Å². The fourth-order valence-electron chi connectivity index (χ4n) is 2.80. The fraction of sp³-hybridized carbons (Fsp3) is 0.136. The molecule has 1 amide bonds. The van der Waals surface area contributed by atoms with E-state index >= 15 is 0 Å². The number of amides is 1. The molecule has 3 aromatic rings. The van der Waals surface area contributed by atoms with Crippen LogP contribution in [-0.2, 0) is 6.54 Å². The van der Waals surface area contributed by atoms with Crippen LogP contribution in [0.2, 0.25) is 0 Å². The van der Waals surface area contributed by atoms with Crippen LogP contribution in [0.5, 0.6) is 11.5 Å². The molecule has 0 atom stereocenters. The van der Waals surface area contributed by atoms with Gasteiger partial charge in [0.1, 0.15) is 13.2 Å². The highest BCUT2D eigenvalue weighted by Crippen LogP contribution is 2.32. The van der Waals surface area contributed by atoms with Gasteiger partial charge in [0.2, 0.25) is 5.96 Å². The number of fused-ring (bicyclic) bond motifs is 1. The summed E-state index contributed by atoms with van der Waals surface area (Å²) < 4.78 is 11.2. The van der Waals surface area contributed by atoms with Crippen molar-refractivity contribution in [2.24, 2.45) is 4.99 Å². The zero-order chi connectivity index (χ0) is 19.9. The molecule has 0 spiro atoms. The average Bonchev–Trinajstić information content (AvgIpc) is 2.78. The summed E-state index contributed by atoms with van der Waals surface area (Å²) in [4.78, 5) is 21.2. The van der Waals surface area contributed by atoms with Crippen molar-refractivity contribution in [2.45, 2.75) is 6.54 Å². The highest BCUT2D eigenvalue weighted by molar-refractivity contribution is 6.10. The van der Waals surface area contributed by atoms with Crippen LogP contribution in [0.15, 0.2) is 78.0 Å². The maximum atomic E-state index is 12.6. The molecule has 2 aromatic carbocycles. The van der Waals surface area contributed by atoms with Crippen molar-refractivity contribution in [1.29, 1.82) is 0 Å². The quantitative estimate of drug-likeness (QED) is 0.529. The maximum absolute atomic E-state index is 12.6. The second-order valence-corrected chi connectivity index (χ2v) is 6.33. The molecule has 0 unspecified atom stereocenters. The van der Waals surface area contributed by atoms with Crippen molar-refractivity contribution in [3.8, 4) is 11.5 Å². The van der Waals surface area contributed by atoms with Crippen LogP contribution in [0, 0.1) is 0 Å². The Bertz CT molecular complexity index is 1010. The molecule has 29 heavy (non-hydrogen) atoms. The Morgan fingerprint density at radius 3 is 2.62 bits per heavy atom. The third-order valence-electron chi connectivity index (χ3n) is 4.22. The number of aromatic nitrogens is 1. The lowest BCUT2D eigenvalue weighted by Crippen LogP contribution is -2.36. The minimum Gasteiger partial charge on any atom is -0.486 e. The number of hydrogen-bond acceptors (Lipinski definition) is 5. The molecule has 1 aliphatic heterocycles. The van der Waals surface area contributed by atoms with Crippen molar-refractivity contribution in [3.05, 3.63) is 84.2 Å². The van der Waals surface area contributed by atoms with Crippen molar-refractivity contribution in [1.82, 2.24) is 10.3 Å². The van der Waals surface area contributed by atoms with Crippen LogP contribution in [0.3, 0.4) is 0 Å². The second kappa shape index (κ2) is 8.88. The molecular formula is C22H20N4O3. The van der Waals surface area contributed by atoms with Crippen LogP contribution in [-0.4, -0.2) is 30.1 Å². The Balaban J connectivity index is 1.55. The van der Waals surface area contributed by atoms with E-state index in [1.807, 2.05) is 48.5 Å². The minimum absolute atomic E-state index is 0.249. The summed E-state index contributed by atoms with van der Waals surface area (Å²) in [5, 5.41) is 6.00. The summed E-state index contributed by atoms with van der Waals surface area (Å²) in [5.41, 5.74) is 2.21. The van der Waals surface area contributed by atoms with Gasteiger partial charge in [0.15, 0.2) is 11.5 Å². The van der Waals surface area contributed by atoms with Gasteiger partial charge in [-0.3, -0.25) is 15.1 Å². The molecule has 1 aromatic heterocycles. The predicted molar refractivity (Wildman–Crippen MR) is 110 cm³/mol. The molecule has 2 N–H and O–H groups in total. The predicted octanol–water partition coefficient (Wildman–Crippen LogP) is 3.25. The first-order chi connectivity index (χ1) is 14.3. The van der Waals surface area contributed by atoms with Gasteiger partial charge in [-0.15, -0.1) is 0 Å². The van der Waals surface area contributed by atoms with E-state index in [1.165, 1.54) is 0 Å². The van der Waals surface area contributed by atoms with Crippen LogP contribution < -0.4 is 20.1 Å². The van der Waals surface area contributed by atoms with Crippen molar-refractivity contribution in [2.75, 3.05) is 18.5 Å². The maximum Gasteiger partial charge on any atom is 0.257 e. The number of benzene rings is 2. The summed E-state index contributed by atoms with van der Waals surface area (Å²) >= 11 is 0. The summed E-state index contributed by atoms with van der Waals surface area (Å²) in [6, 6.07) is 18.3. The van der Waals surface area contributed by atoms with E-state index in [1.54, 1.807) is 24.5 Å². The number of guanidine groups is 1. The number of aliphatic imine (C=N–C) groups is 1. The van der Waals surface area contributed by atoms with E-state index in [4.69, 9.17) is 9.47 Å². The number of nitrogens with zero attached hydrogens (tertiary/aromatic N) is 2. The molecule has 1 aliphatic rings. The normalized spacial score (nSPS) is 12.9. The number of hydrogen-bond donors (Lipinski definition) is 2. The standard InChI is InChI=1S/C22H20N4O3/c27-21(17-6-2-1-3-7-17)26-22(24-15-16-5-4-10-23-14-16)25-18-8-9-19-20(13-18)29-12-11-28-19/h1-10,13-14H,11-12,15H2,(H2,24,25,26,27). The SMILES string of the molecule is O=C(NC(=NCc1cccnc1)Nc1ccc2c(c1)OCCO2)c1ccccc1. The zero-order valence-electron chi connectivity index (χ0n) is 15.7. The van der Waals surface area contributed by atoms with Crippen LogP contribution in [0.4, 0.5) is 5.69 Å². The smallest absolute Gasteiger partial charge is 0.257 e. The molecule has 7 nitrogen and oxygen atoms in total. The molecule has 0 aliphatic carbocycles. The molecule has 2 heterocycles. The Labute approximate surface area is 168 Å². The van der Waals surface area contributed by atoms with Crippen LogP contribution in [0.1, 0.15) is 15.9 Å². The second-order valence-electron chi connectivity index (χ2n) is 6.33. The first kappa shape index (κ1) is 18.5. The summed E-state index contributed by atoms with van der Waals surface area (Å²) in [5.74, 6) is 1.44. The van der Waals surface area contributed by atoms with Gasteiger partial charge in [0.05, 0.1) is 6.54 Å². The Kier molecular flexibility index (Phi) is 5.66. The van der Waals surface area contributed by atoms with Gasteiger partial charge in [-0.2, -0.15) is 0 Å². The lowest BCUT2D eigenvalue weighted by molar-refractivity contribution is 0.0977. The van der Waals surface area contributed by atoms with Gasteiger partial charge >= 0.3 is 0 Å². The number of rotatable bonds is 4. The molecule has 4 rings (SSSR count). The first-order valence-corrected chi connectivity index (χ1v) is 9.24. The lowest BCUT2D eigenvalue weighted by atomic mass is 10.2. The lowest BCUT2D eigenvalue weighted by Gasteiger charge is -2.19. The van der Waals surface area contributed by atoms with E-state index < -0.39 is 0 Å². The van der Waals surface area contributed by atoms with E-state index in [2.05, 4.69) is 20.6 Å². The summed E-state index contributed by atoms with van der Waals surface area (Å²) in [7, 11) is 0. The van der Waals surface area contributed by atoms with Gasteiger partial charge in [-0.25, -0.2) is 4.99 Å². The number of carbonyl (C=O) groups is 1. The van der Waals surface area contributed by atoms with E-state index in [0.717, 1.165) is 11.3 Å². The van der Waals surface area contributed by atoms with Crippen molar-refractivity contribution >= 4 is 17.6 Å². The van der Waals surface area contributed by atoms with Gasteiger partial charge in [-0.05, 0) is 35.9 Å². The zero-order valence-corrected chi connectivity index (χ0v) is 15.7. The van der Waals surface area contributed by atoms with Gasteiger partial charge in [0, 0.05) is 29.7 Å². The highest BCUT2D eigenvalue weighted by Gasteiger charge is 2.14. The molecule has 0 bridgehead atoms. The van der Waals surface area contributed by atoms with E-state index in [-0.39, 0.29) is 5.91 Å². The van der Waals surface area contributed by atoms with Gasteiger partial charge in [0.25, 0.3) is 5.91 Å². The minimum atomic E-state index is -0.249.